The van der Waals surface area contributed by atoms with Crippen LogP contribution in [0.3, 0.4) is 0 Å². The zero-order valence-electron chi connectivity index (χ0n) is 7.95. The van der Waals surface area contributed by atoms with E-state index in [4.69, 9.17) is 27.9 Å². The molecule has 0 unspecified atom stereocenters. The van der Waals surface area contributed by atoms with E-state index < -0.39 is 0 Å². The second kappa shape index (κ2) is 5.04. The van der Waals surface area contributed by atoms with E-state index in [1.165, 1.54) is 0 Å². The van der Waals surface area contributed by atoms with Crippen molar-refractivity contribution in [3.8, 4) is 11.6 Å². The minimum atomic E-state index is 0.337. The molecule has 0 aliphatic carbocycles. The normalized spacial score (nSPS) is 10.2. The molecule has 1 aromatic heterocycles. The van der Waals surface area contributed by atoms with E-state index >= 15 is 0 Å². The highest BCUT2D eigenvalue weighted by atomic mass is 79.9. The van der Waals surface area contributed by atoms with Crippen LogP contribution in [-0.4, -0.2) is 4.98 Å². The van der Waals surface area contributed by atoms with Gasteiger partial charge in [-0.15, -0.1) is 0 Å². The van der Waals surface area contributed by atoms with E-state index in [0.717, 1.165) is 4.47 Å². The lowest BCUT2D eigenvalue weighted by atomic mass is 10.3. The van der Waals surface area contributed by atoms with Crippen LogP contribution < -0.4 is 4.74 Å². The van der Waals surface area contributed by atoms with Crippen LogP contribution in [0.2, 0.25) is 10.0 Å². The Balaban J connectivity index is 2.34. The number of hydrogen-bond donors (Lipinski definition) is 0. The van der Waals surface area contributed by atoms with Crippen LogP contribution in [0.4, 0.5) is 0 Å². The molecule has 16 heavy (non-hydrogen) atoms. The lowest BCUT2D eigenvalue weighted by Gasteiger charge is -2.07. The van der Waals surface area contributed by atoms with Crippen molar-refractivity contribution in [1.29, 1.82) is 0 Å². The van der Waals surface area contributed by atoms with Crippen LogP contribution >= 0.6 is 39.1 Å². The highest BCUT2D eigenvalue weighted by Crippen LogP contribution is 2.33. The van der Waals surface area contributed by atoms with E-state index in [1.807, 2.05) is 6.07 Å². The van der Waals surface area contributed by atoms with E-state index in [1.54, 1.807) is 30.5 Å². The summed E-state index contributed by atoms with van der Waals surface area (Å²) in [6.45, 7) is 0. The number of benzene rings is 1. The number of rotatable bonds is 2. The van der Waals surface area contributed by atoms with E-state index in [0.29, 0.717) is 21.7 Å². The highest BCUT2D eigenvalue weighted by Gasteiger charge is 2.07. The molecule has 2 aromatic rings. The predicted molar refractivity (Wildman–Crippen MR) is 68.5 cm³/mol. The number of nitrogens with zero attached hydrogens (tertiary/aromatic N) is 1. The van der Waals surface area contributed by atoms with E-state index in [2.05, 4.69) is 20.9 Å². The molecule has 0 saturated heterocycles. The van der Waals surface area contributed by atoms with Gasteiger partial charge < -0.3 is 4.74 Å². The molecule has 0 saturated carbocycles. The lowest BCUT2D eigenvalue weighted by molar-refractivity contribution is 0.463. The predicted octanol–water partition coefficient (Wildman–Crippen LogP) is 4.94. The van der Waals surface area contributed by atoms with Gasteiger partial charge in [-0.25, -0.2) is 4.98 Å². The first-order valence-electron chi connectivity index (χ1n) is 4.40. The molecule has 0 aliphatic heterocycles. The largest absolute Gasteiger partial charge is 0.436 e. The first-order valence-corrected chi connectivity index (χ1v) is 5.95. The Kier molecular flexibility index (Phi) is 3.69. The summed E-state index contributed by atoms with van der Waals surface area (Å²) in [7, 11) is 0. The summed E-state index contributed by atoms with van der Waals surface area (Å²) in [5, 5.41) is 0.948. The second-order valence-electron chi connectivity index (χ2n) is 2.97. The van der Waals surface area contributed by atoms with Gasteiger partial charge in [0.2, 0.25) is 5.88 Å². The first kappa shape index (κ1) is 11.7. The summed E-state index contributed by atoms with van der Waals surface area (Å²) in [5.41, 5.74) is 0. The molecule has 0 amide bonds. The highest BCUT2D eigenvalue weighted by molar-refractivity contribution is 9.10. The van der Waals surface area contributed by atoms with E-state index in [9.17, 15) is 0 Å². The molecular formula is C11H6BrCl2NO. The maximum atomic E-state index is 5.98. The molecule has 0 bridgehead atoms. The molecule has 2 nitrogen and oxygen atoms in total. The van der Waals surface area contributed by atoms with Gasteiger partial charge in [0.05, 0.1) is 5.02 Å². The topological polar surface area (TPSA) is 22.1 Å². The van der Waals surface area contributed by atoms with Crippen molar-refractivity contribution in [1.82, 2.24) is 4.98 Å². The summed E-state index contributed by atoms with van der Waals surface area (Å²) >= 11 is 15.2. The summed E-state index contributed by atoms with van der Waals surface area (Å²) in [6, 6.07) is 8.76. The van der Waals surface area contributed by atoms with Gasteiger partial charge in [0, 0.05) is 10.7 Å². The zero-order valence-corrected chi connectivity index (χ0v) is 11.1. The quantitative estimate of drug-likeness (QED) is 0.782. The third-order valence-electron chi connectivity index (χ3n) is 1.82. The maximum Gasteiger partial charge on any atom is 0.238 e. The van der Waals surface area contributed by atoms with Crippen LogP contribution in [0.25, 0.3) is 0 Å². The van der Waals surface area contributed by atoms with Gasteiger partial charge in [-0.05, 0) is 30.3 Å². The SMILES string of the molecule is Clc1ccc(Br)cc1Oc1ncccc1Cl. The van der Waals surface area contributed by atoms with Crippen molar-refractivity contribution in [2.45, 2.75) is 0 Å². The third kappa shape index (κ3) is 2.67. The van der Waals surface area contributed by atoms with Crippen molar-refractivity contribution in [3.63, 3.8) is 0 Å². The fourth-order valence-corrected chi connectivity index (χ4v) is 1.76. The van der Waals surface area contributed by atoms with Crippen LogP contribution in [-0.2, 0) is 0 Å². The Hall–Kier alpha value is -0.770. The molecule has 0 spiro atoms. The van der Waals surface area contributed by atoms with Crippen molar-refractivity contribution in [3.05, 3.63) is 51.0 Å². The molecule has 82 valence electrons. The number of pyridine rings is 1. The molecule has 0 atom stereocenters. The third-order valence-corrected chi connectivity index (χ3v) is 2.92. The van der Waals surface area contributed by atoms with Gasteiger partial charge in [-0.1, -0.05) is 39.1 Å². The number of ether oxygens (including phenoxy) is 1. The smallest absolute Gasteiger partial charge is 0.238 e. The van der Waals surface area contributed by atoms with Crippen molar-refractivity contribution < 1.29 is 4.74 Å². The Morgan fingerprint density at radius 2 is 1.94 bits per heavy atom. The Labute approximate surface area is 111 Å². The standard InChI is InChI=1S/C11H6BrCl2NO/c12-7-3-4-8(13)10(6-7)16-11-9(14)2-1-5-15-11/h1-6H. The number of halogens is 3. The molecule has 0 radical (unpaired) electrons. The van der Waals surface area contributed by atoms with Crippen molar-refractivity contribution >= 4 is 39.1 Å². The molecule has 5 heteroatoms. The molecule has 2 rings (SSSR count). The minimum Gasteiger partial charge on any atom is -0.436 e. The summed E-state index contributed by atoms with van der Waals surface area (Å²) in [4.78, 5) is 4.02. The van der Waals surface area contributed by atoms with Crippen LogP contribution in [0.15, 0.2) is 41.0 Å². The van der Waals surface area contributed by atoms with Crippen LogP contribution in [0.5, 0.6) is 11.6 Å². The molecule has 1 aromatic carbocycles. The molecule has 0 aliphatic rings. The van der Waals surface area contributed by atoms with Gasteiger partial charge in [-0.3, -0.25) is 0 Å². The van der Waals surface area contributed by atoms with E-state index in [-0.39, 0.29) is 0 Å². The van der Waals surface area contributed by atoms with Crippen LogP contribution in [0.1, 0.15) is 0 Å². The average molecular weight is 319 g/mol. The Morgan fingerprint density at radius 1 is 1.12 bits per heavy atom. The fourth-order valence-electron chi connectivity index (χ4n) is 1.11. The summed E-state index contributed by atoms with van der Waals surface area (Å²) in [5.74, 6) is 0.848. The summed E-state index contributed by atoms with van der Waals surface area (Å²) < 4.78 is 6.39. The molecule has 0 N–H and O–H groups in total. The lowest BCUT2D eigenvalue weighted by Crippen LogP contribution is -1.89. The minimum absolute atomic E-state index is 0.337. The maximum absolute atomic E-state index is 5.98. The van der Waals surface area contributed by atoms with Crippen LogP contribution in [0, 0.1) is 0 Å². The molecule has 0 fully saturated rings. The number of aromatic nitrogens is 1. The van der Waals surface area contributed by atoms with Gasteiger partial charge >= 0.3 is 0 Å². The zero-order chi connectivity index (χ0) is 11.5. The average Bonchev–Trinajstić information content (AvgIpc) is 2.27. The monoisotopic (exact) mass is 317 g/mol. The van der Waals surface area contributed by atoms with Gasteiger partial charge in [0.25, 0.3) is 0 Å². The fraction of sp³-hybridized carbons (Fsp3) is 0. The van der Waals surface area contributed by atoms with Gasteiger partial charge in [0.1, 0.15) is 10.8 Å². The van der Waals surface area contributed by atoms with Crippen molar-refractivity contribution in [2.75, 3.05) is 0 Å². The second-order valence-corrected chi connectivity index (χ2v) is 4.70. The number of hydrogen-bond acceptors (Lipinski definition) is 2. The molecular weight excluding hydrogens is 313 g/mol. The summed E-state index contributed by atoms with van der Waals surface area (Å²) in [6.07, 6.45) is 1.60. The van der Waals surface area contributed by atoms with Crippen molar-refractivity contribution in [2.24, 2.45) is 0 Å². The Morgan fingerprint density at radius 3 is 2.69 bits per heavy atom. The van der Waals surface area contributed by atoms with Gasteiger partial charge in [0.15, 0.2) is 0 Å². The molecule has 1 heterocycles. The first-order chi connectivity index (χ1) is 7.66. The Bertz CT molecular complexity index is 519. The van der Waals surface area contributed by atoms with Gasteiger partial charge in [-0.2, -0.15) is 0 Å².